The van der Waals surface area contributed by atoms with E-state index in [9.17, 15) is 24.0 Å². The Morgan fingerprint density at radius 3 is 2.06 bits per heavy atom. The minimum atomic E-state index is -0.634. The van der Waals surface area contributed by atoms with Crippen LogP contribution in [0.5, 0.6) is 0 Å². The van der Waals surface area contributed by atoms with Crippen molar-refractivity contribution < 1.29 is 33.4 Å². The molecule has 2 heterocycles. The standard InChI is InChI=1S/C49H62ClN7O7/c1-30-39(45(60)55-38-22-24-57(25-23-38)47(62)64-49(5,6)7)20-21-40(42(30)50)33-12-8-31(9-13-33)26-36(44(59)54-37-18-16-35(17-19-37)43-52-29-53-56-43)27-41(58)34-14-10-32(11-15-34)28-51-46(61)63-48(2,3)4/h8-9,12-13,16-21,32,34,36,38H,10-11,14-15,22-29H2,1-7H3,(H,51,61)(H,54,59)(H,55,60)/t32?,34?,36-/m1/s1. The van der Waals surface area contributed by atoms with Crippen molar-refractivity contribution in [2.45, 2.75) is 117 Å². The lowest BCUT2D eigenvalue weighted by atomic mass is 9.77. The highest BCUT2D eigenvalue weighted by molar-refractivity contribution is 6.34. The second-order valence-electron chi connectivity index (χ2n) is 19.1. The van der Waals surface area contributed by atoms with E-state index < -0.39 is 23.2 Å². The summed E-state index contributed by atoms with van der Waals surface area (Å²) >= 11 is 6.94. The molecule has 1 saturated heterocycles. The van der Waals surface area contributed by atoms with Gasteiger partial charge in [-0.1, -0.05) is 41.9 Å². The molecule has 342 valence electrons. The Bertz CT molecular complexity index is 2230. The molecule has 1 aliphatic carbocycles. The number of carbonyl (C=O) groups is 5. The fourth-order valence-corrected chi connectivity index (χ4v) is 8.55. The number of alkyl carbamates (subject to hydrolysis) is 1. The van der Waals surface area contributed by atoms with Crippen LogP contribution in [0, 0.1) is 24.7 Å². The molecule has 1 saturated carbocycles. The number of hydrogen-bond acceptors (Lipinski definition) is 10. The molecule has 2 fully saturated rings. The van der Waals surface area contributed by atoms with E-state index in [1.54, 1.807) is 23.1 Å². The van der Waals surface area contributed by atoms with Gasteiger partial charge in [-0.2, -0.15) is 5.11 Å². The molecule has 15 heteroatoms. The summed E-state index contributed by atoms with van der Waals surface area (Å²) in [5.41, 5.74) is 3.89. The van der Waals surface area contributed by atoms with Crippen LogP contribution in [0.25, 0.3) is 11.1 Å². The Balaban J connectivity index is 1.09. The molecule has 3 aromatic carbocycles. The number of nitrogens with zero attached hydrogens (tertiary/aromatic N) is 4. The highest BCUT2D eigenvalue weighted by Gasteiger charge is 2.32. The molecular formula is C49H62ClN7O7. The van der Waals surface area contributed by atoms with Gasteiger partial charge in [0.1, 0.15) is 17.0 Å². The third kappa shape index (κ3) is 13.4. The van der Waals surface area contributed by atoms with Crippen LogP contribution in [0.3, 0.4) is 0 Å². The molecule has 0 radical (unpaired) electrons. The minimum absolute atomic E-state index is 0.0629. The monoisotopic (exact) mass is 895 g/mol. The first-order valence-electron chi connectivity index (χ1n) is 22.3. The number of likely N-dealkylation sites (tertiary alicyclic amines) is 1. The molecule has 3 N–H and O–H groups in total. The van der Waals surface area contributed by atoms with Gasteiger partial charge in [0.05, 0.1) is 5.02 Å². The van der Waals surface area contributed by atoms with Crippen molar-refractivity contribution in [2.24, 2.45) is 33.0 Å². The van der Waals surface area contributed by atoms with Crippen LogP contribution in [0.2, 0.25) is 5.02 Å². The van der Waals surface area contributed by atoms with Gasteiger partial charge in [-0.3, -0.25) is 14.4 Å². The number of amidine groups is 1. The van der Waals surface area contributed by atoms with Crippen molar-refractivity contribution in [1.82, 2.24) is 15.5 Å². The maximum absolute atomic E-state index is 14.0. The van der Waals surface area contributed by atoms with Crippen LogP contribution in [-0.4, -0.2) is 84.1 Å². The fraction of sp³-hybridized carbons (Fsp3) is 0.510. The molecule has 3 aliphatic rings. The molecule has 0 bridgehead atoms. The number of ketones is 1. The van der Waals surface area contributed by atoms with Gasteiger partial charge in [0.25, 0.3) is 5.91 Å². The van der Waals surface area contributed by atoms with E-state index in [1.807, 2.05) is 90.9 Å². The fourth-order valence-electron chi connectivity index (χ4n) is 8.28. The molecule has 0 aromatic heterocycles. The topological polar surface area (TPSA) is 180 Å². The number of amides is 4. The van der Waals surface area contributed by atoms with E-state index >= 15 is 0 Å². The molecule has 4 amide bonds. The van der Waals surface area contributed by atoms with Crippen LogP contribution in [0.15, 0.2) is 75.9 Å². The smallest absolute Gasteiger partial charge is 0.410 e. The second kappa shape index (κ2) is 20.9. The molecule has 3 aromatic rings. The summed E-state index contributed by atoms with van der Waals surface area (Å²) in [6.07, 6.45) is 3.87. The van der Waals surface area contributed by atoms with Crippen molar-refractivity contribution >= 4 is 52.9 Å². The lowest BCUT2D eigenvalue weighted by Crippen LogP contribution is -2.47. The summed E-state index contributed by atoms with van der Waals surface area (Å²) in [5.74, 6) is -0.406. The van der Waals surface area contributed by atoms with Gasteiger partial charge in [0.2, 0.25) is 5.91 Å². The molecular weight excluding hydrogens is 834 g/mol. The van der Waals surface area contributed by atoms with Crippen LogP contribution in [-0.2, 0) is 25.5 Å². The number of azo groups is 1. The molecule has 0 unspecified atom stereocenters. The number of piperidine rings is 1. The van der Waals surface area contributed by atoms with Crippen LogP contribution < -0.4 is 16.0 Å². The van der Waals surface area contributed by atoms with Crippen molar-refractivity contribution in [2.75, 3.05) is 31.6 Å². The first-order valence-corrected chi connectivity index (χ1v) is 22.7. The van der Waals surface area contributed by atoms with Gasteiger partial charge >= 0.3 is 12.2 Å². The zero-order chi connectivity index (χ0) is 46.2. The minimum Gasteiger partial charge on any atom is -0.444 e. The van der Waals surface area contributed by atoms with E-state index in [1.165, 1.54) is 0 Å². The summed E-state index contributed by atoms with van der Waals surface area (Å²) < 4.78 is 10.9. The maximum atomic E-state index is 14.0. The van der Waals surface area contributed by atoms with Gasteiger partial charge in [0, 0.05) is 66.3 Å². The normalized spacial score (nSPS) is 18.4. The van der Waals surface area contributed by atoms with Gasteiger partial charge in [-0.15, -0.1) is 5.11 Å². The SMILES string of the molecule is Cc1c(C(=O)NC2CCN(C(=O)OC(C)(C)C)CC2)ccc(-c2ccc(C[C@H](CC(=O)C3CCC(CNC(=O)OC(C)(C)C)CC3)C(=O)Nc3ccc(C4=NCN=N4)cc3)cc2)c1Cl. The number of nitrogens with one attached hydrogen (secondary N) is 3. The van der Waals surface area contributed by atoms with E-state index in [-0.39, 0.29) is 48.0 Å². The molecule has 64 heavy (non-hydrogen) atoms. The average molecular weight is 897 g/mol. The van der Waals surface area contributed by atoms with E-state index in [0.717, 1.165) is 35.1 Å². The highest BCUT2D eigenvalue weighted by Crippen LogP contribution is 2.34. The third-order valence-electron chi connectivity index (χ3n) is 11.8. The molecule has 0 spiro atoms. The summed E-state index contributed by atoms with van der Waals surface area (Å²) in [4.78, 5) is 72.0. The molecule has 14 nitrogen and oxygen atoms in total. The van der Waals surface area contributed by atoms with Crippen LogP contribution in [0.4, 0.5) is 15.3 Å². The molecule has 2 aliphatic heterocycles. The number of carbonyl (C=O) groups excluding carboxylic acids is 5. The quantitative estimate of drug-likeness (QED) is 0.153. The number of halogens is 1. The van der Waals surface area contributed by atoms with Crippen molar-refractivity contribution in [3.8, 4) is 11.1 Å². The third-order valence-corrected chi connectivity index (χ3v) is 12.3. The Labute approximate surface area is 381 Å². The van der Waals surface area contributed by atoms with E-state index in [2.05, 4.69) is 31.2 Å². The summed E-state index contributed by atoms with van der Waals surface area (Å²) in [6, 6.07) is 18.6. The van der Waals surface area contributed by atoms with E-state index in [0.29, 0.717) is 86.1 Å². The summed E-state index contributed by atoms with van der Waals surface area (Å²) in [7, 11) is 0. The number of hydrogen-bond donors (Lipinski definition) is 3. The number of benzene rings is 3. The van der Waals surface area contributed by atoms with Gasteiger partial charge in [-0.25, -0.2) is 14.6 Å². The first kappa shape index (κ1) is 47.8. The van der Waals surface area contributed by atoms with Gasteiger partial charge in [0.15, 0.2) is 12.5 Å². The van der Waals surface area contributed by atoms with Crippen LogP contribution >= 0.6 is 11.6 Å². The van der Waals surface area contributed by atoms with Crippen molar-refractivity contribution in [1.29, 1.82) is 0 Å². The predicted molar refractivity (Wildman–Crippen MR) is 248 cm³/mol. The lowest BCUT2D eigenvalue weighted by molar-refractivity contribution is -0.129. The highest BCUT2D eigenvalue weighted by atomic mass is 35.5. The average Bonchev–Trinajstić information content (AvgIpc) is 3.79. The number of aliphatic imine (C=N–C) groups is 1. The van der Waals surface area contributed by atoms with Gasteiger partial charge in [-0.05, 0) is 146 Å². The van der Waals surface area contributed by atoms with Crippen LogP contribution in [0.1, 0.15) is 114 Å². The Morgan fingerprint density at radius 1 is 0.812 bits per heavy atom. The first-order chi connectivity index (χ1) is 30.3. The predicted octanol–water partition coefficient (Wildman–Crippen LogP) is 9.70. The van der Waals surface area contributed by atoms with Crippen molar-refractivity contribution in [3.63, 3.8) is 0 Å². The van der Waals surface area contributed by atoms with Gasteiger partial charge < -0.3 is 30.3 Å². The molecule has 1 atom stereocenters. The molecule has 6 rings (SSSR count). The Morgan fingerprint density at radius 2 is 1.45 bits per heavy atom. The Kier molecular flexibility index (Phi) is 15.6. The summed E-state index contributed by atoms with van der Waals surface area (Å²) in [5, 5.41) is 17.5. The number of ether oxygens (including phenoxy) is 2. The van der Waals surface area contributed by atoms with Crippen molar-refractivity contribution in [3.05, 3.63) is 87.9 Å². The largest absolute Gasteiger partial charge is 0.444 e. The zero-order valence-electron chi connectivity index (χ0n) is 38.1. The number of rotatable bonds is 13. The number of Topliss-reactive ketones (excluding diaryl/α,β-unsaturated/α-hetero) is 1. The zero-order valence-corrected chi connectivity index (χ0v) is 38.8. The lowest BCUT2D eigenvalue weighted by Gasteiger charge is -2.33. The number of anilines is 1. The second-order valence-corrected chi connectivity index (χ2v) is 19.5. The van der Waals surface area contributed by atoms with E-state index in [4.69, 9.17) is 21.1 Å². The Hall–Kier alpha value is -5.63. The maximum Gasteiger partial charge on any atom is 0.410 e. The summed E-state index contributed by atoms with van der Waals surface area (Å²) in [6.45, 7) is 14.6.